The fourth-order valence-corrected chi connectivity index (χ4v) is 4.97. The summed E-state index contributed by atoms with van der Waals surface area (Å²) in [7, 11) is 1.50. The highest BCUT2D eigenvalue weighted by Crippen LogP contribution is 2.46. The van der Waals surface area contributed by atoms with Crippen LogP contribution in [0.15, 0.2) is 24.8 Å². The van der Waals surface area contributed by atoms with Gasteiger partial charge >= 0.3 is 5.97 Å². The Hall–Kier alpha value is -2.07. The number of nitrogens with zero attached hydrogens (tertiary/aromatic N) is 1. The number of hydrogen-bond donors (Lipinski definition) is 1. The largest absolute Gasteiger partial charge is 0.469 e. The molecule has 1 aliphatic carbocycles. The number of piperidine rings is 1. The van der Waals surface area contributed by atoms with E-state index in [1.807, 2.05) is 6.08 Å². The maximum atomic E-state index is 12.3. The van der Waals surface area contributed by atoms with Gasteiger partial charge in [-0.25, -0.2) is 0 Å². The number of carbonyl (C=O) groups is 1. The Bertz CT molecular complexity index is 823. The quantitative estimate of drug-likeness (QED) is 0.864. The molecule has 1 saturated heterocycles. The number of fused-ring (bicyclic) bond motifs is 2. The van der Waals surface area contributed by atoms with Crippen LogP contribution in [0.1, 0.15) is 42.5 Å². The molecular weight excluding hydrogens is 312 g/mol. The van der Waals surface area contributed by atoms with E-state index in [1.165, 1.54) is 29.1 Å². The van der Waals surface area contributed by atoms with Gasteiger partial charge in [-0.05, 0) is 49.1 Å². The number of esters is 1. The SMILES string of the molecule is C=Cc1[nH]c2cccc3c2c1C[C@@H]1[C@@H]3C[C@@H](C(=O)OC)CN1CCC. The summed E-state index contributed by atoms with van der Waals surface area (Å²) in [6.45, 7) is 8.02. The zero-order valence-electron chi connectivity index (χ0n) is 15.0. The van der Waals surface area contributed by atoms with Crippen molar-refractivity contribution in [3.05, 3.63) is 41.6 Å². The first-order valence-corrected chi connectivity index (χ1v) is 9.25. The lowest BCUT2D eigenvalue weighted by Crippen LogP contribution is -2.51. The molecule has 1 fully saturated rings. The van der Waals surface area contributed by atoms with Crippen molar-refractivity contribution in [1.82, 2.24) is 9.88 Å². The molecule has 4 heteroatoms. The maximum Gasteiger partial charge on any atom is 0.309 e. The molecule has 1 aromatic carbocycles. The van der Waals surface area contributed by atoms with E-state index >= 15 is 0 Å². The average molecular weight is 338 g/mol. The van der Waals surface area contributed by atoms with E-state index in [-0.39, 0.29) is 11.9 Å². The number of hydrogen-bond acceptors (Lipinski definition) is 3. The lowest BCUT2D eigenvalue weighted by atomic mass is 9.72. The summed E-state index contributed by atoms with van der Waals surface area (Å²) in [5.41, 5.74) is 5.10. The maximum absolute atomic E-state index is 12.3. The smallest absolute Gasteiger partial charge is 0.309 e. The van der Waals surface area contributed by atoms with Gasteiger partial charge in [-0.15, -0.1) is 0 Å². The van der Waals surface area contributed by atoms with E-state index in [4.69, 9.17) is 4.74 Å². The van der Waals surface area contributed by atoms with Gasteiger partial charge in [0.15, 0.2) is 0 Å². The molecule has 0 unspecified atom stereocenters. The third-order valence-corrected chi connectivity index (χ3v) is 5.98. The van der Waals surface area contributed by atoms with Crippen molar-refractivity contribution in [1.29, 1.82) is 0 Å². The van der Waals surface area contributed by atoms with Crippen molar-refractivity contribution in [3.8, 4) is 0 Å². The topological polar surface area (TPSA) is 45.3 Å². The normalized spacial score (nSPS) is 25.6. The van der Waals surface area contributed by atoms with Crippen molar-refractivity contribution < 1.29 is 9.53 Å². The average Bonchev–Trinajstić information content (AvgIpc) is 3.01. The number of H-pyrrole nitrogens is 1. The second kappa shape index (κ2) is 6.34. The van der Waals surface area contributed by atoms with Gasteiger partial charge in [0.05, 0.1) is 13.0 Å². The Morgan fingerprint density at radius 1 is 1.48 bits per heavy atom. The Kier molecular flexibility index (Phi) is 4.16. The third kappa shape index (κ3) is 2.51. The first kappa shape index (κ1) is 16.4. The third-order valence-electron chi connectivity index (χ3n) is 5.98. The second-order valence-corrected chi connectivity index (χ2v) is 7.32. The van der Waals surface area contributed by atoms with Gasteiger partial charge in [0.1, 0.15) is 0 Å². The number of rotatable bonds is 4. The number of benzene rings is 1. The fourth-order valence-electron chi connectivity index (χ4n) is 4.97. The molecule has 3 atom stereocenters. The molecule has 0 amide bonds. The van der Waals surface area contributed by atoms with Crippen LogP contribution in [-0.4, -0.2) is 42.1 Å². The molecule has 2 aromatic rings. The van der Waals surface area contributed by atoms with Crippen molar-refractivity contribution >= 4 is 22.9 Å². The highest BCUT2D eigenvalue weighted by molar-refractivity contribution is 5.91. The number of methoxy groups -OCH3 is 1. The standard InChI is InChI=1S/C21H26N2O2/c1-4-9-23-12-13(21(24)25-3)10-15-14-7-6-8-18-20(14)16(11-19(15)23)17(5-2)22-18/h5-8,13,15,19,22H,2,4,9-12H2,1,3H3/t13-,15-,19-/m1/s1. The van der Waals surface area contributed by atoms with Crippen LogP contribution >= 0.6 is 0 Å². The molecule has 0 bridgehead atoms. The predicted octanol–water partition coefficient (Wildman–Crippen LogP) is 3.72. The molecular formula is C21H26N2O2. The number of likely N-dealkylation sites (tertiary alicyclic amines) is 1. The zero-order chi connectivity index (χ0) is 17.6. The highest BCUT2D eigenvalue weighted by Gasteiger charge is 2.43. The van der Waals surface area contributed by atoms with Gasteiger partial charge in [-0.3, -0.25) is 9.69 Å². The summed E-state index contributed by atoms with van der Waals surface area (Å²) in [6.07, 6.45) is 4.93. The molecule has 4 rings (SSSR count). The van der Waals surface area contributed by atoms with Crippen LogP contribution in [-0.2, 0) is 16.0 Å². The summed E-state index contributed by atoms with van der Waals surface area (Å²) in [5.74, 6) is 0.278. The van der Waals surface area contributed by atoms with Crippen molar-refractivity contribution in [3.63, 3.8) is 0 Å². The number of aromatic amines is 1. The van der Waals surface area contributed by atoms with E-state index in [2.05, 4.69) is 41.6 Å². The van der Waals surface area contributed by atoms with Crippen molar-refractivity contribution in [2.24, 2.45) is 5.92 Å². The second-order valence-electron chi connectivity index (χ2n) is 7.32. The Labute approximate surface area is 148 Å². The number of carbonyl (C=O) groups excluding carboxylic acids is 1. The molecule has 2 heterocycles. The first-order chi connectivity index (χ1) is 12.2. The summed E-state index contributed by atoms with van der Waals surface area (Å²) in [4.78, 5) is 18.3. The van der Waals surface area contributed by atoms with E-state index in [9.17, 15) is 4.79 Å². The molecule has 2 aliphatic rings. The molecule has 1 aliphatic heterocycles. The molecule has 4 nitrogen and oxygen atoms in total. The first-order valence-electron chi connectivity index (χ1n) is 9.25. The number of ether oxygens (including phenoxy) is 1. The van der Waals surface area contributed by atoms with Gasteiger partial charge in [0.2, 0.25) is 0 Å². The van der Waals surface area contributed by atoms with Crippen LogP contribution in [0.5, 0.6) is 0 Å². The van der Waals surface area contributed by atoms with E-state index in [1.54, 1.807) is 0 Å². The Morgan fingerprint density at radius 3 is 3.04 bits per heavy atom. The highest BCUT2D eigenvalue weighted by atomic mass is 16.5. The summed E-state index contributed by atoms with van der Waals surface area (Å²) in [6, 6.07) is 6.96. The van der Waals surface area contributed by atoms with Crippen LogP contribution in [0, 0.1) is 5.92 Å². The molecule has 25 heavy (non-hydrogen) atoms. The molecule has 0 spiro atoms. The van der Waals surface area contributed by atoms with Crippen LogP contribution < -0.4 is 0 Å². The number of nitrogens with one attached hydrogen (secondary N) is 1. The Balaban J connectivity index is 1.82. The van der Waals surface area contributed by atoms with Crippen LogP contribution in [0.4, 0.5) is 0 Å². The summed E-state index contributed by atoms with van der Waals surface area (Å²) < 4.78 is 5.07. The van der Waals surface area contributed by atoms with Gasteiger partial charge in [0, 0.05) is 35.1 Å². The van der Waals surface area contributed by atoms with Gasteiger partial charge in [-0.1, -0.05) is 25.6 Å². The van der Waals surface area contributed by atoms with Gasteiger partial charge in [0.25, 0.3) is 0 Å². The minimum absolute atomic E-state index is 0.0348. The molecule has 132 valence electrons. The van der Waals surface area contributed by atoms with Gasteiger partial charge < -0.3 is 9.72 Å². The van der Waals surface area contributed by atoms with E-state index in [0.29, 0.717) is 12.0 Å². The lowest BCUT2D eigenvalue weighted by molar-refractivity contribution is -0.148. The lowest BCUT2D eigenvalue weighted by Gasteiger charge is -2.46. The van der Waals surface area contributed by atoms with Gasteiger partial charge in [-0.2, -0.15) is 0 Å². The summed E-state index contributed by atoms with van der Waals surface area (Å²) in [5, 5.41) is 1.35. The monoisotopic (exact) mass is 338 g/mol. The summed E-state index contributed by atoms with van der Waals surface area (Å²) >= 11 is 0. The van der Waals surface area contributed by atoms with E-state index in [0.717, 1.165) is 38.0 Å². The minimum atomic E-state index is -0.0709. The Morgan fingerprint density at radius 2 is 2.32 bits per heavy atom. The van der Waals surface area contributed by atoms with Crippen molar-refractivity contribution in [2.75, 3.05) is 20.2 Å². The van der Waals surface area contributed by atoms with Crippen LogP contribution in [0.2, 0.25) is 0 Å². The zero-order valence-corrected chi connectivity index (χ0v) is 15.0. The molecule has 0 saturated carbocycles. The fraction of sp³-hybridized carbons (Fsp3) is 0.476. The predicted molar refractivity (Wildman–Crippen MR) is 101 cm³/mol. The number of aromatic nitrogens is 1. The molecule has 1 aromatic heterocycles. The molecule has 1 N–H and O–H groups in total. The molecule has 0 radical (unpaired) electrons. The van der Waals surface area contributed by atoms with Crippen molar-refractivity contribution in [2.45, 2.75) is 38.1 Å². The van der Waals surface area contributed by atoms with Crippen LogP contribution in [0.3, 0.4) is 0 Å². The van der Waals surface area contributed by atoms with Crippen LogP contribution in [0.25, 0.3) is 17.0 Å². The van der Waals surface area contributed by atoms with E-state index < -0.39 is 0 Å². The minimum Gasteiger partial charge on any atom is -0.469 e.